The molecule has 1 rings (SSSR count). The van der Waals surface area contributed by atoms with Gasteiger partial charge in [0.2, 0.25) is 0 Å². The number of benzene rings is 1. The van der Waals surface area contributed by atoms with Crippen LogP contribution in [-0.2, 0) is 0 Å². The largest absolute Gasteiger partial charge is 0.303 e. The van der Waals surface area contributed by atoms with Crippen LogP contribution in [0.15, 0.2) is 24.3 Å². The van der Waals surface area contributed by atoms with Gasteiger partial charge in [0.25, 0.3) is 0 Å². The van der Waals surface area contributed by atoms with Crippen LogP contribution in [0.5, 0.6) is 0 Å². The molecule has 0 radical (unpaired) electrons. The van der Waals surface area contributed by atoms with E-state index in [4.69, 9.17) is 11.6 Å². The fourth-order valence-corrected chi connectivity index (χ4v) is 2.07. The number of nitrogens with zero attached hydrogens (tertiary/aromatic N) is 1. The van der Waals surface area contributed by atoms with Crippen molar-refractivity contribution in [1.82, 2.24) is 4.90 Å². The fourth-order valence-electron chi connectivity index (χ4n) is 1.83. The highest BCUT2D eigenvalue weighted by molar-refractivity contribution is 6.33. The molecule has 0 aliphatic carbocycles. The van der Waals surface area contributed by atoms with Gasteiger partial charge in [0, 0.05) is 18.5 Å². The van der Waals surface area contributed by atoms with Gasteiger partial charge in [-0.05, 0) is 31.6 Å². The highest BCUT2D eigenvalue weighted by Gasteiger charge is 2.11. The lowest BCUT2D eigenvalue weighted by Gasteiger charge is -2.18. The van der Waals surface area contributed by atoms with Crippen molar-refractivity contribution in [1.29, 1.82) is 0 Å². The van der Waals surface area contributed by atoms with Crippen LogP contribution >= 0.6 is 11.6 Å². The molecule has 0 spiro atoms. The Morgan fingerprint density at radius 1 is 1.24 bits per heavy atom. The molecule has 0 saturated carbocycles. The van der Waals surface area contributed by atoms with Gasteiger partial charge in [0.05, 0.1) is 5.02 Å². The van der Waals surface area contributed by atoms with E-state index in [1.54, 1.807) is 12.1 Å². The quantitative estimate of drug-likeness (QED) is 0.692. The van der Waals surface area contributed by atoms with Crippen LogP contribution < -0.4 is 0 Å². The normalized spacial score (nSPS) is 10.8. The fraction of sp³-hybridized carbons (Fsp3) is 0.500. The molecular formula is C14H20ClNO. The summed E-state index contributed by atoms with van der Waals surface area (Å²) in [6, 6.07) is 7.25. The molecule has 0 aliphatic rings. The second-order valence-electron chi connectivity index (χ2n) is 4.09. The Bertz CT molecular complexity index is 365. The van der Waals surface area contributed by atoms with Gasteiger partial charge in [-0.25, -0.2) is 0 Å². The van der Waals surface area contributed by atoms with E-state index in [0.29, 0.717) is 17.0 Å². The summed E-state index contributed by atoms with van der Waals surface area (Å²) in [4.78, 5) is 14.3. The van der Waals surface area contributed by atoms with Crippen molar-refractivity contribution in [2.45, 2.75) is 26.7 Å². The van der Waals surface area contributed by atoms with E-state index >= 15 is 0 Å². The zero-order valence-corrected chi connectivity index (χ0v) is 11.3. The molecule has 0 atom stereocenters. The predicted octanol–water partition coefficient (Wildman–Crippen LogP) is 3.64. The first-order valence-corrected chi connectivity index (χ1v) is 6.56. The van der Waals surface area contributed by atoms with Crippen LogP contribution in [0.1, 0.15) is 37.0 Å². The first-order valence-electron chi connectivity index (χ1n) is 6.19. The Morgan fingerprint density at radius 3 is 2.53 bits per heavy atom. The van der Waals surface area contributed by atoms with Gasteiger partial charge in [-0.2, -0.15) is 0 Å². The Kier molecular flexibility index (Phi) is 6.23. The molecule has 1 aromatic carbocycles. The van der Waals surface area contributed by atoms with Crippen molar-refractivity contribution in [3.8, 4) is 0 Å². The lowest BCUT2D eigenvalue weighted by atomic mass is 10.1. The third-order valence-corrected chi connectivity index (χ3v) is 3.15. The summed E-state index contributed by atoms with van der Waals surface area (Å²) in [6.07, 6.45) is 1.66. The van der Waals surface area contributed by atoms with Gasteiger partial charge in [-0.3, -0.25) is 4.79 Å². The Hall–Kier alpha value is -0.860. The zero-order chi connectivity index (χ0) is 12.7. The van der Waals surface area contributed by atoms with Crippen molar-refractivity contribution < 1.29 is 4.79 Å². The molecule has 0 bridgehead atoms. The number of Topliss-reactive ketones (excluding diaryl/α,β-unsaturated/α-hetero) is 1. The minimum absolute atomic E-state index is 0.130. The van der Waals surface area contributed by atoms with Crippen LogP contribution in [0.25, 0.3) is 0 Å². The van der Waals surface area contributed by atoms with E-state index in [1.807, 2.05) is 12.1 Å². The van der Waals surface area contributed by atoms with E-state index in [2.05, 4.69) is 18.7 Å². The molecular weight excluding hydrogens is 234 g/mol. The lowest BCUT2D eigenvalue weighted by Crippen LogP contribution is -2.27. The van der Waals surface area contributed by atoms with Crippen LogP contribution in [0.2, 0.25) is 5.02 Å². The third-order valence-electron chi connectivity index (χ3n) is 2.82. The maximum Gasteiger partial charge on any atom is 0.165 e. The van der Waals surface area contributed by atoms with E-state index in [1.165, 1.54) is 0 Å². The molecule has 1 aromatic rings. The minimum atomic E-state index is 0.130. The molecule has 0 aromatic heterocycles. The van der Waals surface area contributed by atoms with Gasteiger partial charge >= 0.3 is 0 Å². The van der Waals surface area contributed by atoms with E-state index < -0.39 is 0 Å². The van der Waals surface area contributed by atoms with Gasteiger partial charge in [0.15, 0.2) is 5.78 Å². The van der Waals surface area contributed by atoms with Gasteiger partial charge < -0.3 is 4.90 Å². The van der Waals surface area contributed by atoms with E-state index in [-0.39, 0.29) is 5.78 Å². The van der Waals surface area contributed by atoms with Crippen molar-refractivity contribution >= 4 is 17.4 Å². The van der Waals surface area contributed by atoms with Gasteiger partial charge in [0.1, 0.15) is 0 Å². The average Bonchev–Trinajstić information content (AvgIpc) is 2.34. The standard InChI is InChI=1S/C14H20ClNO/c1-3-10-16(4-2)11-9-14(17)12-7-5-6-8-13(12)15/h5-8H,3-4,9-11H2,1-2H3. The molecule has 0 N–H and O–H groups in total. The van der Waals surface area contributed by atoms with Gasteiger partial charge in [-0.15, -0.1) is 0 Å². The summed E-state index contributed by atoms with van der Waals surface area (Å²) in [5.41, 5.74) is 0.640. The maximum absolute atomic E-state index is 12.0. The number of carbonyl (C=O) groups excluding carboxylic acids is 1. The first-order chi connectivity index (χ1) is 8.19. The Balaban J connectivity index is 2.52. The summed E-state index contributed by atoms with van der Waals surface area (Å²) < 4.78 is 0. The molecule has 17 heavy (non-hydrogen) atoms. The maximum atomic E-state index is 12.0. The van der Waals surface area contributed by atoms with Crippen molar-refractivity contribution in [2.75, 3.05) is 19.6 Å². The number of rotatable bonds is 7. The lowest BCUT2D eigenvalue weighted by molar-refractivity contribution is 0.0965. The van der Waals surface area contributed by atoms with Crippen molar-refractivity contribution in [3.63, 3.8) is 0 Å². The Morgan fingerprint density at radius 2 is 1.94 bits per heavy atom. The smallest absolute Gasteiger partial charge is 0.165 e. The van der Waals surface area contributed by atoms with Crippen molar-refractivity contribution in [2.24, 2.45) is 0 Å². The number of hydrogen-bond acceptors (Lipinski definition) is 2. The monoisotopic (exact) mass is 253 g/mol. The second kappa shape index (κ2) is 7.46. The summed E-state index contributed by atoms with van der Waals surface area (Å²) in [6.45, 7) is 7.12. The summed E-state index contributed by atoms with van der Waals surface area (Å²) >= 11 is 6.00. The molecule has 0 saturated heterocycles. The highest BCUT2D eigenvalue weighted by Crippen LogP contribution is 2.16. The number of carbonyl (C=O) groups is 1. The van der Waals surface area contributed by atoms with Crippen molar-refractivity contribution in [3.05, 3.63) is 34.9 Å². The Labute approximate surface area is 109 Å². The molecule has 0 unspecified atom stereocenters. The summed E-state index contributed by atoms with van der Waals surface area (Å²) in [5, 5.41) is 0.552. The SMILES string of the molecule is CCCN(CC)CCC(=O)c1ccccc1Cl. The number of hydrogen-bond donors (Lipinski definition) is 0. The topological polar surface area (TPSA) is 20.3 Å². The highest BCUT2D eigenvalue weighted by atomic mass is 35.5. The number of halogens is 1. The predicted molar refractivity (Wildman–Crippen MR) is 72.8 cm³/mol. The summed E-state index contributed by atoms with van der Waals surface area (Å²) in [5.74, 6) is 0.130. The van der Waals surface area contributed by atoms with E-state index in [9.17, 15) is 4.79 Å². The average molecular weight is 254 g/mol. The van der Waals surface area contributed by atoms with E-state index in [0.717, 1.165) is 26.1 Å². The van der Waals surface area contributed by atoms with Crippen LogP contribution in [0, 0.1) is 0 Å². The van der Waals surface area contributed by atoms with Crippen LogP contribution in [0.3, 0.4) is 0 Å². The van der Waals surface area contributed by atoms with Gasteiger partial charge in [-0.1, -0.05) is 37.6 Å². The molecule has 3 heteroatoms. The van der Waals surface area contributed by atoms with Crippen LogP contribution in [0.4, 0.5) is 0 Å². The number of ketones is 1. The molecule has 0 amide bonds. The third kappa shape index (κ3) is 4.49. The molecule has 0 heterocycles. The zero-order valence-electron chi connectivity index (χ0n) is 10.6. The molecule has 2 nitrogen and oxygen atoms in total. The minimum Gasteiger partial charge on any atom is -0.303 e. The summed E-state index contributed by atoms with van der Waals surface area (Å²) in [7, 11) is 0. The molecule has 0 fully saturated rings. The molecule has 0 aliphatic heterocycles. The first kappa shape index (κ1) is 14.2. The molecule has 94 valence electrons. The van der Waals surface area contributed by atoms with Crippen LogP contribution in [-0.4, -0.2) is 30.3 Å². The second-order valence-corrected chi connectivity index (χ2v) is 4.49.